The Balaban J connectivity index is 0.000000191. The number of rotatable bonds is 2. The molecule has 0 saturated carbocycles. The summed E-state index contributed by atoms with van der Waals surface area (Å²) in [5.41, 5.74) is 4.40. The van der Waals surface area contributed by atoms with E-state index in [4.69, 9.17) is 19.7 Å². The summed E-state index contributed by atoms with van der Waals surface area (Å²) in [6.45, 7) is 4.47. The smallest absolute Gasteiger partial charge is 0.165 e. The van der Waals surface area contributed by atoms with Crippen LogP contribution in [0.25, 0.3) is 21.8 Å². The molecule has 10 atom stereocenters. The lowest BCUT2D eigenvalue weighted by atomic mass is 9.72. The molecule has 0 aliphatic carbocycles. The van der Waals surface area contributed by atoms with Gasteiger partial charge < -0.3 is 70.5 Å². The standard InChI is InChI=1S/2C19H22N2O4.2CH4O.2H2O/c2*1-11(22)19-10-21(24)7-6-13-12-4-2-3-5-15(12)20-18(13)16(21)8-14(19)17(23)9-25-19;2*1-2;;/h2*2-5,11,14,16,20,22H,6-10H2,1H3;2*2H,1H3;2*1H2/t2*11-,14+,16-,19-,21-;;;;/m00..../s1. The van der Waals surface area contributed by atoms with Crippen molar-refractivity contribution in [3.05, 3.63) is 81.5 Å². The van der Waals surface area contributed by atoms with Gasteiger partial charge in [0.05, 0.1) is 48.5 Å². The van der Waals surface area contributed by atoms with Crippen LogP contribution in [0.5, 0.6) is 0 Å². The lowest BCUT2D eigenvalue weighted by Crippen LogP contribution is -2.67. The lowest BCUT2D eigenvalue weighted by Gasteiger charge is -2.59. The van der Waals surface area contributed by atoms with E-state index in [0.717, 1.165) is 36.6 Å². The molecule has 10 N–H and O–H groups in total. The van der Waals surface area contributed by atoms with Crippen molar-refractivity contribution in [3.8, 4) is 0 Å². The van der Waals surface area contributed by atoms with Crippen molar-refractivity contribution in [2.75, 3.05) is 53.6 Å². The number of fused-ring (bicyclic) bond motifs is 12. The van der Waals surface area contributed by atoms with Crippen LogP contribution in [0, 0.1) is 22.3 Å². The average Bonchev–Trinajstić information content (AvgIpc) is 3.92. The number of hydrogen-bond acceptors (Lipinski definition) is 10. The summed E-state index contributed by atoms with van der Waals surface area (Å²) >= 11 is 0. The summed E-state index contributed by atoms with van der Waals surface area (Å²) in [6, 6.07) is 15.6. The number of para-hydroxylation sites is 2. The lowest BCUT2D eigenvalue weighted by molar-refractivity contribution is -0.927. The van der Waals surface area contributed by atoms with Gasteiger partial charge in [0.2, 0.25) is 0 Å². The highest BCUT2D eigenvalue weighted by Crippen LogP contribution is 2.54. The number of benzene rings is 2. The van der Waals surface area contributed by atoms with Crippen LogP contribution in [-0.2, 0) is 31.9 Å². The minimum Gasteiger partial charge on any atom is -0.632 e. The number of piperidine rings is 2. The molecule has 16 heteroatoms. The summed E-state index contributed by atoms with van der Waals surface area (Å²) in [7, 11) is 2.00. The molecule has 10 rings (SSSR count). The number of carbonyl (C=O) groups is 2. The normalized spacial score (nSPS) is 34.4. The Morgan fingerprint density at radius 2 is 1.04 bits per heavy atom. The molecule has 2 aromatic carbocycles. The molecule has 4 aromatic rings. The molecular weight excluding hydrogens is 728 g/mol. The molecule has 0 radical (unpaired) electrons. The number of aliphatic hydroxyl groups excluding tert-OH is 4. The summed E-state index contributed by atoms with van der Waals surface area (Å²) < 4.78 is 10.7. The Morgan fingerprint density at radius 3 is 1.39 bits per heavy atom. The largest absolute Gasteiger partial charge is 0.632 e. The van der Waals surface area contributed by atoms with E-state index < -0.39 is 44.5 Å². The maximum atomic E-state index is 13.7. The molecule has 0 unspecified atom stereocenters. The van der Waals surface area contributed by atoms with E-state index in [9.17, 15) is 30.2 Å². The fourth-order valence-electron chi connectivity index (χ4n) is 10.6. The fraction of sp³-hybridized carbons (Fsp3) is 0.550. The maximum Gasteiger partial charge on any atom is 0.165 e. The van der Waals surface area contributed by atoms with Crippen LogP contribution < -0.4 is 0 Å². The molecule has 0 amide bonds. The summed E-state index contributed by atoms with van der Waals surface area (Å²) in [6.07, 6.45) is 0.609. The molecule has 0 spiro atoms. The third kappa shape index (κ3) is 6.42. The van der Waals surface area contributed by atoms with E-state index in [1.54, 1.807) is 13.8 Å². The predicted octanol–water partition coefficient (Wildman–Crippen LogP) is 1.20. The fourth-order valence-corrected chi connectivity index (χ4v) is 10.6. The van der Waals surface area contributed by atoms with E-state index in [0.29, 0.717) is 38.8 Å². The van der Waals surface area contributed by atoms with E-state index in [1.807, 2.05) is 36.4 Å². The van der Waals surface area contributed by atoms with Gasteiger partial charge in [0.1, 0.15) is 38.4 Å². The van der Waals surface area contributed by atoms with Gasteiger partial charge >= 0.3 is 0 Å². The van der Waals surface area contributed by atoms with E-state index in [-0.39, 0.29) is 60.9 Å². The van der Waals surface area contributed by atoms with Crippen LogP contribution in [0.2, 0.25) is 0 Å². The average molecular weight is 785 g/mol. The third-order valence-corrected chi connectivity index (χ3v) is 13.3. The second kappa shape index (κ2) is 16.0. The van der Waals surface area contributed by atoms with E-state index in [2.05, 4.69) is 22.1 Å². The number of ketones is 2. The highest BCUT2D eigenvalue weighted by Gasteiger charge is 2.64. The number of quaternary nitrogens is 2. The number of aliphatic hydroxyl groups is 4. The molecule has 6 aliphatic heterocycles. The zero-order valence-corrected chi connectivity index (χ0v) is 32.3. The van der Waals surface area contributed by atoms with Gasteiger partial charge in [-0.3, -0.25) is 9.59 Å². The number of nitrogens with one attached hydrogen (secondary N) is 2. The number of nitrogens with zero attached hydrogens (tertiary/aromatic N) is 2. The minimum absolute atomic E-state index is 0. The Hall–Kier alpha value is -3.62. The summed E-state index contributed by atoms with van der Waals surface area (Å²) in [4.78, 5) is 31.7. The quantitative estimate of drug-likeness (QED) is 0.125. The first kappa shape index (κ1) is 43.5. The number of H-pyrrole nitrogens is 2. The first-order chi connectivity index (χ1) is 25.9. The Kier molecular flexibility index (Phi) is 12.4. The molecule has 6 aliphatic rings. The molecule has 4 saturated heterocycles. The summed E-state index contributed by atoms with van der Waals surface area (Å²) in [5, 5.41) is 64.5. The van der Waals surface area contributed by atoms with Crippen LogP contribution >= 0.6 is 0 Å². The van der Waals surface area contributed by atoms with Crippen molar-refractivity contribution in [1.82, 2.24) is 9.97 Å². The molecule has 4 fully saturated rings. The first-order valence-corrected chi connectivity index (χ1v) is 18.8. The second-order valence-corrected chi connectivity index (χ2v) is 15.7. The Labute approximate surface area is 324 Å². The molecule has 56 heavy (non-hydrogen) atoms. The zero-order valence-electron chi connectivity index (χ0n) is 32.3. The van der Waals surface area contributed by atoms with Crippen LogP contribution in [0.15, 0.2) is 48.5 Å². The van der Waals surface area contributed by atoms with E-state index in [1.165, 1.54) is 21.9 Å². The van der Waals surface area contributed by atoms with Crippen molar-refractivity contribution in [2.45, 2.75) is 75.0 Å². The number of Topliss-reactive ketones (excluding diaryl/α,β-unsaturated/α-hetero) is 2. The van der Waals surface area contributed by atoms with Crippen LogP contribution in [0.3, 0.4) is 0 Å². The van der Waals surface area contributed by atoms with Crippen molar-refractivity contribution < 1.29 is 59.7 Å². The van der Waals surface area contributed by atoms with Crippen molar-refractivity contribution in [3.63, 3.8) is 0 Å². The Bertz CT molecular complexity index is 1910. The highest BCUT2D eigenvalue weighted by molar-refractivity contribution is 5.88. The van der Waals surface area contributed by atoms with Crippen molar-refractivity contribution >= 4 is 33.4 Å². The monoisotopic (exact) mass is 784 g/mol. The first-order valence-electron chi connectivity index (χ1n) is 18.8. The maximum absolute atomic E-state index is 13.7. The van der Waals surface area contributed by atoms with Gasteiger partial charge in [-0.15, -0.1) is 0 Å². The number of hydrogen-bond donors (Lipinski definition) is 6. The van der Waals surface area contributed by atoms with E-state index >= 15 is 0 Å². The number of aromatic amines is 2. The molecule has 0 bridgehead atoms. The SMILES string of the molecule is CO.CO.C[C@H](O)[C@@]12C[N@@+]3([O-])CCc4c([nH]c5ccccc45)[C@@H]3C[C@@H]1C(=O)CO2.C[C@H](O)[C@@]12C[N@@+]3([O-])CCc4c([nH]c5ccccc45)[C@@H]3C[C@@H]1C(=O)CO2.O.O. The van der Waals surface area contributed by atoms with Gasteiger partial charge in [-0.2, -0.15) is 0 Å². The third-order valence-electron chi connectivity index (χ3n) is 13.3. The van der Waals surface area contributed by atoms with Gasteiger partial charge in [-0.1, -0.05) is 36.4 Å². The second-order valence-electron chi connectivity index (χ2n) is 15.7. The topological polar surface area (TPSA) is 274 Å². The van der Waals surface area contributed by atoms with Gasteiger partial charge in [0.15, 0.2) is 22.8 Å². The number of hydroxylamine groups is 6. The Morgan fingerprint density at radius 1 is 0.679 bits per heavy atom. The summed E-state index contributed by atoms with van der Waals surface area (Å²) in [5.74, 6) is -0.795. The van der Waals surface area contributed by atoms with Crippen molar-refractivity contribution in [2.24, 2.45) is 11.8 Å². The van der Waals surface area contributed by atoms with Crippen LogP contribution in [0.1, 0.15) is 61.3 Å². The van der Waals surface area contributed by atoms with Crippen LogP contribution in [-0.4, -0.2) is 139 Å². The molecule has 308 valence electrons. The predicted molar refractivity (Wildman–Crippen MR) is 207 cm³/mol. The van der Waals surface area contributed by atoms with Crippen molar-refractivity contribution in [1.29, 1.82) is 0 Å². The molecular formula is C40H56N4O12. The number of aromatic nitrogens is 2. The highest BCUT2D eigenvalue weighted by atomic mass is 16.6. The molecule has 16 nitrogen and oxygen atoms in total. The van der Waals surface area contributed by atoms with Gasteiger partial charge in [-0.25, -0.2) is 0 Å². The number of ether oxygens (including phenoxy) is 2. The zero-order chi connectivity index (χ0) is 38.8. The van der Waals surface area contributed by atoms with Gasteiger partial charge in [0.25, 0.3) is 0 Å². The van der Waals surface area contributed by atoms with Gasteiger partial charge in [0, 0.05) is 61.7 Å². The molecule has 2 aromatic heterocycles. The number of carbonyl (C=O) groups excluding carboxylic acids is 2. The molecule has 8 heterocycles. The van der Waals surface area contributed by atoms with Gasteiger partial charge in [-0.05, 0) is 37.1 Å². The minimum atomic E-state index is -1.03. The van der Waals surface area contributed by atoms with Crippen LogP contribution in [0.4, 0.5) is 0 Å².